The number of benzene rings is 1. The van der Waals surface area contributed by atoms with Gasteiger partial charge in [-0.3, -0.25) is 0 Å². The molecule has 0 aliphatic heterocycles. The monoisotopic (exact) mass is 241 g/mol. The smallest absolute Gasteiger partial charge is 0.214 e. The van der Waals surface area contributed by atoms with Crippen LogP contribution in [0.15, 0.2) is 30.3 Å². The Morgan fingerprint density at radius 1 is 1.19 bits per heavy atom. The van der Waals surface area contributed by atoms with E-state index in [-0.39, 0.29) is 0 Å². The summed E-state index contributed by atoms with van der Waals surface area (Å²) in [5.74, 6) is 0. The molecule has 0 heterocycles. The van der Waals surface area contributed by atoms with Crippen molar-refractivity contribution in [1.29, 1.82) is 0 Å². The zero-order chi connectivity index (χ0) is 12.2. The molecule has 0 unspecified atom stereocenters. The largest absolute Gasteiger partial charge is 0.228 e. The van der Waals surface area contributed by atoms with Crippen LogP contribution in [-0.4, -0.2) is 13.2 Å². The van der Waals surface area contributed by atoms with Crippen LogP contribution in [-0.2, 0) is 16.4 Å². The Balaban J connectivity index is 2.48. The van der Waals surface area contributed by atoms with Gasteiger partial charge in [0.25, 0.3) is 0 Å². The van der Waals surface area contributed by atoms with Gasteiger partial charge in [0.15, 0.2) is 0 Å². The van der Waals surface area contributed by atoms with Gasteiger partial charge in [-0.15, -0.1) is 0 Å². The molecule has 0 saturated carbocycles. The molecule has 0 aromatic heterocycles. The maximum absolute atomic E-state index is 11.3. The lowest BCUT2D eigenvalue weighted by Crippen LogP contribution is -2.37. The normalized spacial score (nSPS) is 12.7. The van der Waals surface area contributed by atoms with E-state index in [0.29, 0.717) is 6.42 Å². The number of hydrogen-bond donors (Lipinski definition) is 1. The minimum absolute atomic E-state index is 0.584. The predicted octanol–water partition coefficient (Wildman–Crippen LogP) is 2.08. The number of sulfonamides is 1. The van der Waals surface area contributed by atoms with E-state index in [1.807, 2.05) is 30.3 Å². The van der Waals surface area contributed by atoms with Crippen LogP contribution in [0.4, 0.5) is 0 Å². The molecule has 4 heteroatoms. The number of hydrogen-bond acceptors (Lipinski definition) is 2. The molecule has 16 heavy (non-hydrogen) atoms. The summed E-state index contributed by atoms with van der Waals surface area (Å²) in [5.41, 5.74) is 1.23. The molecule has 0 saturated heterocycles. The first-order valence-corrected chi connectivity index (χ1v) is 6.94. The van der Waals surface area contributed by atoms with E-state index in [9.17, 15) is 8.42 Å². The fourth-order valence-electron chi connectivity index (χ4n) is 1.51. The first-order valence-electron chi connectivity index (χ1n) is 5.39. The Bertz CT molecular complexity index is 424. The third kappa shape index (κ3) is 3.61. The first-order chi connectivity index (χ1) is 7.33. The average molecular weight is 241 g/mol. The van der Waals surface area contributed by atoms with E-state index in [1.165, 1.54) is 5.56 Å². The lowest BCUT2D eigenvalue weighted by molar-refractivity contribution is 0.516. The number of rotatable bonds is 5. The molecule has 0 spiro atoms. The van der Waals surface area contributed by atoms with Crippen LogP contribution < -0.4 is 5.14 Å². The Kier molecular flexibility index (Phi) is 4.10. The lowest BCUT2D eigenvalue weighted by atomic mass is 10.0. The molecule has 3 nitrogen and oxygen atoms in total. The minimum Gasteiger partial charge on any atom is -0.228 e. The average Bonchev–Trinajstić information content (AvgIpc) is 2.17. The second-order valence-electron chi connectivity index (χ2n) is 4.64. The molecule has 90 valence electrons. The van der Waals surface area contributed by atoms with E-state index < -0.39 is 14.8 Å². The van der Waals surface area contributed by atoms with Crippen LogP contribution in [0, 0.1) is 0 Å². The van der Waals surface area contributed by atoms with Gasteiger partial charge in [-0.05, 0) is 38.7 Å². The molecule has 1 rings (SSSR count). The molecular formula is C12H19NO2S. The van der Waals surface area contributed by atoms with Gasteiger partial charge in [0, 0.05) is 0 Å². The summed E-state index contributed by atoms with van der Waals surface area (Å²) in [6, 6.07) is 10.0. The highest BCUT2D eigenvalue weighted by Gasteiger charge is 2.30. The van der Waals surface area contributed by atoms with E-state index in [0.717, 1.165) is 12.8 Å². The third-order valence-electron chi connectivity index (χ3n) is 2.86. The second-order valence-corrected chi connectivity index (χ2v) is 6.84. The Morgan fingerprint density at radius 3 is 2.25 bits per heavy atom. The topological polar surface area (TPSA) is 60.2 Å². The maximum Gasteiger partial charge on any atom is 0.214 e. The molecule has 0 atom stereocenters. The van der Waals surface area contributed by atoms with E-state index in [2.05, 4.69) is 0 Å². The van der Waals surface area contributed by atoms with Gasteiger partial charge < -0.3 is 0 Å². The molecule has 0 fully saturated rings. The van der Waals surface area contributed by atoms with Crippen LogP contribution >= 0.6 is 0 Å². The van der Waals surface area contributed by atoms with Gasteiger partial charge in [0.2, 0.25) is 10.0 Å². The van der Waals surface area contributed by atoms with Crippen molar-refractivity contribution in [2.45, 2.75) is 37.9 Å². The molecule has 0 aliphatic rings. The van der Waals surface area contributed by atoms with E-state index >= 15 is 0 Å². The third-order valence-corrected chi connectivity index (χ3v) is 4.60. The van der Waals surface area contributed by atoms with Crippen molar-refractivity contribution < 1.29 is 8.42 Å². The summed E-state index contributed by atoms with van der Waals surface area (Å²) in [7, 11) is -3.46. The van der Waals surface area contributed by atoms with Gasteiger partial charge in [-0.1, -0.05) is 30.3 Å². The quantitative estimate of drug-likeness (QED) is 0.858. The van der Waals surface area contributed by atoms with E-state index in [1.54, 1.807) is 13.8 Å². The van der Waals surface area contributed by atoms with Crippen LogP contribution in [0.1, 0.15) is 32.3 Å². The Hall–Kier alpha value is -0.870. The van der Waals surface area contributed by atoms with Gasteiger partial charge in [-0.2, -0.15) is 0 Å². The summed E-state index contributed by atoms with van der Waals surface area (Å²) in [6.07, 6.45) is 2.30. The summed E-state index contributed by atoms with van der Waals surface area (Å²) in [5, 5.41) is 5.16. The molecule has 0 bridgehead atoms. The zero-order valence-corrected chi connectivity index (χ0v) is 10.6. The minimum atomic E-state index is -3.46. The highest BCUT2D eigenvalue weighted by molar-refractivity contribution is 7.90. The summed E-state index contributed by atoms with van der Waals surface area (Å²) in [6.45, 7) is 3.35. The Labute approximate surface area is 97.7 Å². The van der Waals surface area contributed by atoms with Crippen molar-refractivity contribution in [3.63, 3.8) is 0 Å². The highest BCUT2D eigenvalue weighted by Crippen LogP contribution is 2.21. The fourth-order valence-corrected chi connectivity index (χ4v) is 1.93. The fraction of sp³-hybridized carbons (Fsp3) is 0.500. The molecule has 0 amide bonds. The second kappa shape index (κ2) is 4.97. The van der Waals surface area contributed by atoms with Crippen molar-refractivity contribution in [2.24, 2.45) is 5.14 Å². The van der Waals surface area contributed by atoms with Crippen molar-refractivity contribution in [2.75, 3.05) is 0 Å². The van der Waals surface area contributed by atoms with Crippen molar-refractivity contribution >= 4 is 10.0 Å². The first kappa shape index (κ1) is 13.2. The summed E-state index contributed by atoms with van der Waals surface area (Å²) >= 11 is 0. The van der Waals surface area contributed by atoms with Crippen LogP contribution in [0.5, 0.6) is 0 Å². The molecule has 0 radical (unpaired) electrons. The Morgan fingerprint density at radius 2 is 1.75 bits per heavy atom. The molecule has 1 aromatic rings. The van der Waals surface area contributed by atoms with Gasteiger partial charge >= 0.3 is 0 Å². The number of nitrogens with two attached hydrogens (primary N) is 1. The van der Waals surface area contributed by atoms with Crippen LogP contribution in [0.3, 0.4) is 0 Å². The van der Waals surface area contributed by atoms with Crippen molar-refractivity contribution in [3.8, 4) is 0 Å². The predicted molar refractivity (Wildman–Crippen MR) is 66.6 cm³/mol. The number of aryl methyl sites for hydroxylation is 1. The van der Waals surface area contributed by atoms with Gasteiger partial charge in [0.1, 0.15) is 0 Å². The van der Waals surface area contributed by atoms with Crippen molar-refractivity contribution in [3.05, 3.63) is 35.9 Å². The lowest BCUT2D eigenvalue weighted by Gasteiger charge is -2.21. The van der Waals surface area contributed by atoms with Crippen LogP contribution in [0.2, 0.25) is 0 Å². The molecule has 1 aromatic carbocycles. The summed E-state index contributed by atoms with van der Waals surface area (Å²) < 4.78 is 21.7. The summed E-state index contributed by atoms with van der Waals surface area (Å²) in [4.78, 5) is 0. The van der Waals surface area contributed by atoms with Gasteiger partial charge in [0.05, 0.1) is 4.75 Å². The molecular weight excluding hydrogens is 222 g/mol. The maximum atomic E-state index is 11.3. The van der Waals surface area contributed by atoms with E-state index in [4.69, 9.17) is 5.14 Å². The zero-order valence-electron chi connectivity index (χ0n) is 9.81. The van der Waals surface area contributed by atoms with Crippen molar-refractivity contribution in [1.82, 2.24) is 0 Å². The molecule has 2 N–H and O–H groups in total. The number of primary sulfonamides is 1. The van der Waals surface area contributed by atoms with Crippen LogP contribution in [0.25, 0.3) is 0 Å². The van der Waals surface area contributed by atoms with Gasteiger partial charge in [-0.25, -0.2) is 13.6 Å². The molecule has 0 aliphatic carbocycles. The standard InChI is InChI=1S/C12H19NO2S/c1-12(2,16(13,14)15)10-6-9-11-7-4-3-5-8-11/h3-5,7-8H,6,9-10H2,1-2H3,(H2,13,14,15). The SMILES string of the molecule is CC(C)(CCCc1ccccc1)S(N)(=O)=O. The highest BCUT2D eigenvalue weighted by atomic mass is 32.2.